The topological polar surface area (TPSA) is 90.5 Å². The van der Waals surface area contributed by atoms with Crippen LogP contribution in [0.1, 0.15) is 39.5 Å². The Bertz CT molecular complexity index is 726. The summed E-state index contributed by atoms with van der Waals surface area (Å²) >= 11 is 0. The third kappa shape index (κ3) is 5.67. The minimum atomic E-state index is -3.57. The van der Waals surface area contributed by atoms with Crippen LogP contribution in [-0.4, -0.2) is 51.9 Å². The molecule has 3 N–H and O–H groups in total. The fraction of sp³-hybridized carbons (Fsp3) is 0.632. The van der Waals surface area contributed by atoms with Crippen LogP contribution in [0.2, 0.25) is 0 Å². The van der Waals surface area contributed by atoms with E-state index >= 15 is 0 Å². The predicted octanol–water partition coefficient (Wildman–Crippen LogP) is 2.48. The van der Waals surface area contributed by atoms with Gasteiger partial charge in [-0.25, -0.2) is 8.42 Å². The summed E-state index contributed by atoms with van der Waals surface area (Å²) in [5.74, 6) is 0.498. The summed E-state index contributed by atoms with van der Waals surface area (Å²) in [6.45, 7) is 6.47. The Morgan fingerprint density at radius 3 is 2.44 bits per heavy atom. The minimum Gasteiger partial charge on any atom is -0.386 e. The molecular formula is C19H32N4O3S. The summed E-state index contributed by atoms with van der Waals surface area (Å²) < 4.78 is 26.9. The van der Waals surface area contributed by atoms with E-state index in [0.717, 1.165) is 32.4 Å². The van der Waals surface area contributed by atoms with Gasteiger partial charge < -0.3 is 16.0 Å². The van der Waals surface area contributed by atoms with Gasteiger partial charge in [-0.1, -0.05) is 13.8 Å². The molecule has 1 saturated heterocycles. The molecule has 2 rings (SSSR count). The average Bonchev–Trinajstić information content (AvgIpc) is 2.68. The molecule has 0 aromatic heterocycles. The van der Waals surface area contributed by atoms with Gasteiger partial charge >= 0.3 is 0 Å². The molecule has 27 heavy (non-hydrogen) atoms. The minimum absolute atomic E-state index is 0.0811. The Balaban J connectivity index is 2.11. The largest absolute Gasteiger partial charge is 0.386 e. The first-order valence-corrected chi connectivity index (χ1v) is 11.2. The smallest absolute Gasteiger partial charge is 0.243 e. The highest BCUT2D eigenvalue weighted by molar-refractivity contribution is 7.89. The van der Waals surface area contributed by atoms with Gasteiger partial charge in [-0.15, -0.1) is 0 Å². The Morgan fingerprint density at radius 1 is 1.19 bits per heavy atom. The molecule has 0 saturated carbocycles. The van der Waals surface area contributed by atoms with Crippen molar-refractivity contribution in [3.05, 3.63) is 18.2 Å². The van der Waals surface area contributed by atoms with Crippen LogP contribution in [0.15, 0.2) is 23.1 Å². The van der Waals surface area contributed by atoms with E-state index < -0.39 is 10.0 Å². The maximum Gasteiger partial charge on any atom is 0.243 e. The van der Waals surface area contributed by atoms with Gasteiger partial charge in [-0.2, -0.15) is 4.31 Å². The summed E-state index contributed by atoms with van der Waals surface area (Å²) in [6, 6.07) is 4.81. The van der Waals surface area contributed by atoms with Crippen molar-refractivity contribution >= 4 is 27.3 Å². The molecule has 1 aliphatic heterocycles. The Kier molecular flexibility index (Phi) is 8.07. The van der Waals surface area contributed by atoms with Crippen LogP contribution < -0.4 is 16.0 Å². The molecule has 0 aliphatic carbocycles. The van der Waals surface area contributed by atoms with Gasteiger partial charge in [0.15, 0.2) is 0 Å². The van der Waals surface area contributed by atoms with Crippen LogP contribution >= 0.6 is 0 Å². The first-order chi connectivity index (χ1) is 12.9. The van der Waals surface area contributed by atoms with Gasteiger partial charge in [0.1, 0.15) is 0 Å². The fourth-order valence-electron chi connectivity index (χ4n) is 3.44. The van der Waals surface area contributed by atoms with E-state index in [1.165, 1.54) is 4.31 Å². The summed E-state index contributed by atoms with van der Waals surface area (Å²) in [4.78, 5) is 12.6. The van der Waals surface area contributed by atoms with Crippen molar-refractivity contribution in [3.8, 4) is 0 Å². The van der Waals surface area contributed by atoms with Gasteiger partial charge in [0.05, 0.1) is 16.3 Å². The SMILES string of the molecule is CCN(CC)S(=O)(=O)c1ccc(NC)c(NC(=O)CCC2CCNCC2)c1. The summed E-state index contributed by atoms with van der Waals surface area (Å²) in [6.07, 6.45) is 3.51. The van der Waals surface area contributed by atoms with Crippen LogP contribution in [0.5, 0.6) is 0 Å². The molecule has 0 unspecified atom stereocenters. The highest BCUT2D eigenvalue weighted by atomic mass is 32.2. The number of piperidine rings is 1. The molecule has 1 aromatic carbocycles. The molecule has 0 bridgehead atoms. The predicted molar refractivity (Wildman–Crippen MR) is 110 cm³/mol. The lowest BCUT2D eigenvalue weighted by Gasteiger charge is -2.22. The van der Waals surface area contributed by atoms with Crippen LogP contribution in [0.25, 0.3) is 0 Å². The first kappa shape index (κ1) is 21.7. The van der Waals surface area contributed by atoms with Crippen LogP contribution in [-0.2, 0) is 14.8 Å². The number of anilines is 2. The number of nitrogens with one attached hydrogen (secondary N) is 3. The van der Waals surface area contributed by atoms with Crippen LogP contribution in [0, 0.1) is 5.92 Å². The van der Waals surface area contributed by atoms with E-state index in [1.54, 1.807) is 25.2 Å². The molecule has 1 aliphatic rings. The van der Waals surface area contributed by atoms with Crippen LogP contribution in [0.4, 0.5) is 11.4 Å². The van der Waals surface area contributed by atoms with E-state index in [-0.39, 0.29) is 10.8 Å². The molecule has 152 valence electrons. The van der Waals surface area contributed by atoms with Gasteiger partial charge in [0, 0.05) is 26.6 Å². The van der Waals surface area contributed by atoms with Gasteiger partial charge in [-0.3, -0.25) is 4.79 Å². The number of nitrogens with zero attached hydrogens (tertiary/aromatic N) is 1. The zero-order chi connectivity index (χ0) is 19.9. The fourth-order valence-corrected chi connectivity index (χ4v) is 4.92. The lowest BCUT2D eigenvalue weighted by atomic mass is 9.93. The second-order valence-electron chi connectivity index (χ2n) is 6.83. The summed E-state index contributed by atoms with van der Waals surface area (Å²) in [5.41, 5.74) is 1.20. The highest BCUT2D eigenvalue weighted by Gasteiger charge is 2.23. The Hall–Kier alpha value is -1.64. The number of sulfonamides is 1. The molecular weight excluding hydrogens is 364 g/mol. The van der Waals surface area contributed by atoms with E-state index in [2.05, 4.69) is 16.0 Å². The number of carbonyl (C=O) groups is 1. The second-order valence-corrected chi connectivity index (χ2v) is 8.76. The molecule has 1 aromatic rings. The Morgan fingerprint density at radius 2 is 1.85 bits per heavy atom. The van der Waals surface area contributed by atoms with E-state index in [0.29, 0.717) is 36.8 Å². The summed E-state index contributed by atoms with van der Waals surface area (Å²) in [7, 11) is -1.82. The molecule has 7 nitrogen and oxygen atoms in total. The van der Waals surface area contributed by atoms with Crippen molar-refractivity contribution in [2.45, 2.75) is 44.4 Å². The van der Waals surface area contributed by atoms with Crippen molar-refractivity contribution < 1.29 is 13.2 Å². The van der Waals surface area contributed by atoms with E-state index in [9.17, 15) is 13.2 Å². The number of hydrogen-bond donors (Lipinski definition) is 3. The van der Waals surface area contributed by atoms with Crippen molar-refractivity contribution in [2.24, 2.45) is 5.92 Å². The lowest BCUT2D eigenvalue weighted by Crippen LogP contribution is -2.30. The molecule has 1 heterocycles. The maximum atomic E-state index is 12.8. The van der Waals surface area contributed by atoms with Crippen LogP contribution in [0.3, 0.4) is 0 Å². The zero-order valence-corrected chi connectivity index (χ0v) is 17.4. The first-order valence-electron chi connectivity index (χ1n) is 9.74. The maximum absolute atomic E-state index is 12.8. The van der Waals surface area contributed by atoms with Gasteiger partial charge in [0.25, 0.3) is 0 Å². The number of benzene rings is 1. The lowest BCUT2D eigenvalue weighted by molar-refractivity contribution is -0.116. The number of carbonyl (C=O) groups excluding carboxylic acids is 1. The molecule has 0 radical (unpaired) electrons. The number of rotatable bonds is 9. The number of hydrogen-bond acceptors (Lipinski definition) is 5. The number of amides is 1. The average molecular weight is 397 g/mol. The van der Waals surface area contributed by atoms with Gasteiger partial charge in [0.2, 0.25) is 15.9 Å². The molecule has 1 amide bonds. The van der Waals surface area contributed by atoms with Crippen molar-refractivity contribution in [2.75, 3.05) is 43.9 Å². The third-order valence-corrected chi connectivity index (χ3v) is 7.16. The molecule has 0 atom stereocenters. The van der Waals surface area contributed by atoms with Gasteiger partial charge in [-0.05, 0) is 56.5 Å². The van der Waals surface area contributed by atoms with E-state index in [1.807, 2.05) is 13.8 Å². The standard InChI is InChI=1S/C19H32N4O3S/c1-4-23(5-2)27(25,26)16-7-8-17(20-3)18(14-16)22-19(24)9-6-15-10-12-21-13-11-15/h7-8,14-15,20-21H,4-6,9-13H2,1-3H3,(H,22,24). The molecule has 8 heteroatoms. The van der Waals surface area contributed by atoms with Crippen molar-refractivity contribution in [3.63, 3.8) is 0 Å². The quantitative estimate of drug-likeness (QED) is 0.597. The van der Waals surface area contributed by atoms with Crippen molar-refractivity contribution in [1.29, 1.82) is 0 Å². The molecule has 1 fully saturated rings. The van der Waals surface area contributed by atoms with Crippen molar-refractivity contribution in [1.82, 2.24) is 9.62 Å². The normalized spacial score (nSPS) is 15.7. The highest BCUT2D eigenvalue weighted by Crippen LogP contribution is 2.27. The Labute approximate surface area is 163 Å². The monoisotopic (exact) mass is 396 g/mol. The molecule has 0 spiro atoms. The summed E-state index contributed by atoms with van der Waals surface area (Å²) in [5, 5.41) is 9.23. The zero-order valence-electron chi connectivity index (χ0n) is 16.5. The van der Waals surface area contributed by atoms with E-state index in [4.69, 9.17) is 0 Å². The second kappa shape index (κ2) is 10.1. The third-order valence-electron chi connectivity index (χ3n) is 5.12.